The zero-order valence-corrected chi connectivity index (χ0v) is 8.84. The number of anilines is 1. The number of hydrogen-bond acceptors (Lipinski definition) is 3. The van der Waals surface area contributed by atoms with Gasteiger partial charge in [0.2, 0.25) is 0 Å². The molecule has 4 nitrogen and oxygen atoms in total. The smallest absolute Gasteiger partial charge is 0.167 e. The lowest BCUT2D eigenvalue weighted by atomic mass is 10.2. The van der Waals surface area contributed by atoms with Gasteiger partial charge in [-0.25, -0.2) is 9.07 Å². The minimum absolute atomic E-state index is 0.362. The van der Waals surface area contributed by atoms with Crippen molar-refractivity contribution in [1.82, 2.24) is 14.8 Å². The number of hydrogen-bond donors (Lipinski definition) is 1. The van der Waals surface area contributed by atoms with Crippen molar-refractivity contribution in [1.29, 1.82) is 0 Å². The van der Waals surface area contributed by atoms with Crippen LogP contribution in [0.25, 0.3) is 16.6 Å². The second-order valence-corrected chi connectivity index (χ2v) is 3.70. The molecule has 3 aromatic rings. The third-order valence-corrected chi connectivity index (χ3v) is 2.57. The number of nitrogens with zero attached hydrogens (tertiary/aromatic N) is 3. The first-order valence-corrected chi connectivity index (χ1v) is 5.09. The summed E-state index contributed by atoms with van der Waals surface area (Å²) < 4.78 is 15.1. The van der Waals surface area contributed by atoms with Crippen molar-refractivity contribution in [2.45, 2.75) is 0 Å². The van der Waals surface area contributed by atoms with Crippen LogP contribution in [0.4, 0.5) is 10.1 Å². The van der Waals surface area contributed by atoms with Crippen LogP contribution in [0, 0.1) is 5.82 Å². The van der Waals surface area contributed by atoms with Crippen LogP contribution in [-0.4, -0.2) is 14.8 Å². The normalized spacial score (nSPS) is 10.9. The zero-order valence-electron chi connectivity index (χ0n) is 8.84. The summed E-state index contributed by atoms with van der Waals surface area (Å²) in [6.45, 7) is 0. The largest absolute Gasteiger partial charge is 0.399 e. The fourth-order valence-electron chi connectivity index (χ4n) is 1.77. The number of fused-ring (bicyclic) bond motifs is 1. The van der Waals surface area contributed by atoms with Gasteiger partial charge in [-0.1, -0.05) is 0 Å². The van der Waals surface area contributed by atoms with Crippen molar-refractivity contribution in [3.8, 4) is 5.69 Å². The molecule has 0 saturated carbocycles. The third-order valence-electron chi connectivity index (χ3n) is 2.57. The topological polar surface area (TPSA) is 56.7 Å². The van der Waals surface area contributed by atoms with Crippen molar-refractivity contribution in [2.24, 2.45) is 0 Å². The van der Waals surface area contributed by atoms with Gasteiger partial charge in [0.1, 0.15) is 5.69 Å². The summed E-state index contributed by atoms with van der Waals surface area (Å²) in [7, 11) is 0. The van der Waals surface area contributed by atoms with E-state index in [2.05, 4.69) is 10.1 Å². The molecule has 84 valence electrons. The highest BCUT2D eigenvalue weighted by Gasteiger charge is 2.09. The number of nitrogen functional groups attached to an aromatic ring is 1. The molecule has 0 aliphatic carbocycles. The van der Waals surface area contributed by atoms with Crippen molar-refractivity contribution < 1.29 is 4.39 Å². The fraction of sp³-hybridized carbons (Fsp3) is 0. The molecule has 0 saturated heterocycles. The van der Waals surface area contributed by atoms with E-state index in [-0.39, 0.29) is 0 Å². The number of rotatable bonds is 1. The van der Waals surface area contributed by atoms with Crippen LogP contribution in [0.3, 0.4) is 0 Å². The number of nitrogens with two attached hydrogens (primary N) is 1. The highest BCUT2D eigenvalue weighted by molar-refractivity contribution is 5.83. The summed E-state index contributed by atoms with van der Waals surface area (Å²) >= 11 is 0. The van der Waals surface area contributed by atoms with Crippen LogP contribution < -0.4 is 5.73 Å². The molecule has 5 heteroatoms. The van der Waals surface area contributed by atoms with E-state index < -0.39 is 5.82 Å². The van der Waals surface area contributed by atoms with E-state index in [1.165, 1.54) is 10.9 Å². The standard InChI is InChI=1S/C12H9FN4/c13-10-7-15-4-3-11(10)17-12-5-9(14)2-1-8(12)6-16-17/h1-7H,14H2. The minimum atomic E-state index is -0.417. The quantitative estimate of drug-likeness (QED) is 0.649. The van der Waals surface area contributed by atoms with Crippen LogP contribution in [0.2, 0.25) is 0 Å². The van der Waals surface area contributed by atoms with Gasteiger partial charge in [0.05, 0.1) is 17.9 Å². The van der Waals surface area contributed by atoms with Crippen molar-refractivity contribution in [2.75, 3.05) is 5.73 Å². The Bertz CT molecular complexity index is 690. The maximum absolute atomic E-state index is 13.6. The van der Waals surface area contributed by atoms with Crippen LogP contribution >= 0.6 is 0 Å². The second kappa shape index (κ2) is 3.55. The van der Waals surface area contributed by atoms with Crippen LogP contribution in [0.5, 0.6) is 0 Å². The molecule has 0 amide bonds. The van der Waals surface area contributed by atoms with Crippen LogP contribution in [-0.2, 0) is 0 Å². The van der Waals surface area contributed by atoms with Gasteiger partial charge < -0.3 is 5.73 Å². The maximum atomic E-state index is 13.6. The van der Waals surface area contributed by atoms with E-state index in [9.17, 15) is 4.39 Å². The molecule has 0 atom stereocenters. The molecule has 0 aliphatic heterocycles. The Morgan fingerprint density at radius 3 is 2.88 bits per heavy atom. The first-order chi connectivity index (χ1) is 8.25. The Balaban J connectivity index is 2.31. The molecule has 3 rings (SSSR count). The lowest BCUT2D eigenvalue weighted by Crippen LogP contribution is -2.00. The summed E-state index contributed by atoms with van der Waals surface area (Å²) in [6, 6.07) is 6.98. The Labute approximate surface area is 96.5 Å². The Kier molecular flexibility index (Phi) is 2.04. The van der Waals surface area contributed by atoms with Gasteiger partial charge in [-0.2, -0.15) is 5.10 Å². The average Bonchev–Trinajstić information content (AvgIpc) is 2.72. The van der Waals surface area contributed by atoms with Crippen LogP contribution in [0.1, 0.15) is 0 Å². The highest BCUT2D eigenvalue weighted by Crippen LogP contribution is 2.21. The summed E-state index contributed by atoms with van der Waals surface area (Å²) in [4.78, 5) is 3.71. The third kappa shape index (κ3) is 1.52. The molecule has 2 aromatic heterocycles. The molecule has 0 aliphatic rings. The van der Waals surface area contributed by atoms with Gasteiger partial charge in [0.15, 0.2) is 5.82 Å². The first-order valence-electron chi connectivity index (χ1n) is 5.09. The molecule has 1 aromatic carbocycles. The maximum Gasteiger partial charge on any atom is 0.167 e. The number of benzene rings is 1. The molecular weight excluding hydrogens is 219 g/mol. The fourth-order valence-corrected chi connectivity index (χ4v) is 1.77. The summed E-state index contributed by atoms with van der Waals surface area (Å²) in [5, 5.41) is 5.07. The van der Waals surface area contributed by atoms with Gasteiger partial charge >= 0.3 is 0 Å². The van der Waals surface area contributed by atoms with Gasteiger partial charge in [-0.3, -0.25) is 4.98 Å². The van der Waals surface area contributed by atoms with Gasteiger partial charge in [0, 0.05) is 17.3 Å². The predicted octanol–water partition coefficient (Wildman–Crippen LogP) is 2.14. The van der Waals surface area contributed by atoms with Crippen molar-refractivity contribution in [3.05, 3.63) is 48.7 Å². The predicted molar refractivity (Wildman–Crippen MR) is 63.2 cm³/mol. The summed E-state index contributed by atoms with van der Waals surface area (Å²) in [6.07, 6.45) is 4.36. The Hall–Kier alpha value is -2.43. The molecular formula is C12H9FN4. The molecule has 2 heterocycles. The number of aromatic nitrogens is 3. The molecule has 0 radical (unpaired) electrons. The van der Waals surface area contributed by atoms with E-state index in [1.54, 1.807) is 24.4 Å². The molecule has 0 bridgehead atoms. The van der Waals surface area contributed by atoms with Crippen LogP contribution in [0.15, 0.2) is 42.9 Å². The van der Waals surface area contributed by atoms with E-state index >= 15 is 0 Å². The molecule has 17 heavy (non-hydrogen) atoms. The SMILES string of the molecule is Nc1ccc2cnn(-c3ccncc3F)c2c1. The van der Waals surface area contributed by atoms with E-state index in [4.69, 9.17) is 5.73 Å². The first kappa shape index (κ1) is 9.77. The van der Waals surface area contributed by atoms with Crippen molar-refractivity contribution >= 4 is 16.6 Å². The lowest BCUT2D eigenvalue weighted by Gasteiger charge is -2.04. The second-order valence-electron chi connectivity index (χ2n) is 3.70. The molecule has 2 N–H and O–H groups in total. The number of halogens is 1. The van der Waals surface area contributed by atoms with Gasteiger partial charge in [-0.15, -0.1) is 0 Å². The van der Waals surface area contributed by atoms with Gasteiger partial charge in [0.25, 0.3) is 0 Å². The average molecular weight is 228 g/mol. The molecule has 0 spiro atoms. The Morgan fingerprint density at radius 2 is 2.06 bits per heavy atom. The Morgan fingerprint density at radius 1 is 1.18 bits per heavy atom. The van der Waals surface area contributed by atoms with Crippen molar-refractivity contribution in [3.63, 3.8) is 0 Å². The zero-order chi connectivity index (χ0) is 11.8. The minimum Gasteiger partial charge on any atom is -0.399 e. The molecule has 0 unspecified atom stereocenters. The monoisotopic (exact) mass is 228 g/mol. The lowest BCUT2D eigenvalue weighted by molar-refractivity contribution is 0.607. The van der Waals surface area contributed by atoms with Gasteiger partial charge in [-0.05, 0) is 24.3 Å². The van der Waals surface area contributed by atoms with E-state index in [0.29, 0.717) is 11.4 Å². The number of pyridine rings is 1. The van der Waals surface area contributed by atoms with E-state index in [1.807, 2.05) is 6.07 Å². The highest BCUT2D eigenvalue weighted by atomic mass is 19.1. The van der Waals surface area contributed by atoms with E-state index in [0.717, 1.165) is 17.1 Å². The summed E-state index contributed by atoms with van der Waals surface area (Å²) in [5.74, 6) is -0.417. The summed E-state index contributed by atoms with van der Waals surface area (Å²) in [5.41, 5.74) is 7.47. The molecule has 0 fully saturated rings.